The quantitative estimate of drug-likeness (QED) is 0.240. The van der Waals surface area contributed by atoms with Crippen molar-refractivity contribution in [1.82, 2.24) is 9.80 Å². The Balaban J connectivity index is 1.93. The van der Waals surface area contributed by atoms with Crippen molar-refractivity contribution >= 4 is 17.7 Å². The molecule has 0 fully saturated rings. The summed E-state index contributed by atoms with van der Waals surface area (Å²) in [5, 5.41) is 10.2. The third kappa shape index (κ3) is 9.07. The highest BCUT2D eigenvalue weighted by atomic mass is 16.3. The summed E-state index contributed by atoms with van der Waals surface area (Å²) in [4.78, 5) is 44.1. The summed E-state index contributed by atoms with van der Waals surface area (Å²) >= 11 is 0. The molecule has 0 radical (unpaired) electrons. The molecule has 0 saturated carbocycles. The van der Waals surface area contributed by atoms with Crippen LogP contribution in [0.2, 0.25) is 0 Å². The van der Waals surface area contributed by atoms with Gasteiger partial charge in [0.25, 0.3) is 5.91 Å². The summed E-state index contributed by atoms with van der Waals surface area (Å²) in [6, 6.07) is 23.2. The first kappa shape index (κ1) is 33.6. The van der Waals surface area contributed by atoms with Crippen molar-refractivity contribution in [3.05, 3.63) is 95.6 Å². The lowest BCUT2D eigenvalue weighted by Crippen LogP contribution is -2.57. The van der Waals surface area contributed by atoms with Crippen LogP contribution in [0.3, 0.4) is 0 Å². The van der Waals surface area contributed by atoms with Crippen molar-refractivity contribution in [3.8, 4) is 11.1 Å². The molecule has 0 bridgehead atoms. The SMILES string of the molecule is CCN(CN(C(=O)C(N)CCCc1ccccc1)C(=O)C(N)C(C)C)C(=O)c1c(C[C@@H](C)O)cccc1-c1ccccc1. The van der Waals surface area contributed by atoms with Gasteiger partial charge in [0.05, 0.1) is 23.8 Å². The van der Waals surface area contributed by atoms with Gasteiger partial charge in [0.1, 0.15) is 6.67 Å². The van der Waals surface area contributed by atoms with Gasteiger partial charge in [-0.3, -0.25) is 19.3 Å². The second kappa shape index (κ2) is 16.1. The number of aryl methyl sites for hydroxylation is 1. The molecule has 0 saturated heterocycles. The average Bonchev–Trinajstić information content (AvgIpc) is 3.00. The van der Waals surface area contributed by atoms with Crippen molar-refractivity contribution in [2.75, 3.05) is 13.2 Å². The fraction of sp³-hybridized carbons (Fsp3) is 0.400. The molecule has 3 amide bonds. The molecule has 0 aliphatic carbocycles. The molecular weight excluding hydrogens is 540 g/mol. The highest BCUT2D eigenvalue weighted by Gasteiger charge is 2.34. The van der Waals surface area contributed by atoms with Crippen LogP contribution in [0, 0.1) is 5.92 Å². The van der Waals surface area contributed by atoms with Gasteiger partial charge in [-0.1, -0.05) is 92.7 Å². The largest absolute Gasteiger partial charge is 0.393 e. The number of carbonyl (C=O) groups is 3. The summed E-state index contributed by atoms with van der Waals surface area (Å²) in [7, 11) is 0. The standard InChI is InChI=1S/C35H46N4O4/c1-5-38(34(42)31-28(22-25(4)40)19-13-20-29(31)27-17-10-7-11-18-27)23-39(35(43)32(37)24(2)3)33(41)30(36)21-12-16-26-14-8-6-9-15-26/h6-11,13-15,17-20,24-25,30,32,40H,5,12,16,21-23,36-37H2,1-4H3/t25-,30?,32?/m1/s1. The van der Waals surface area contributed by atoms with E-state index >= 15 is 0 Å². The van der Waals surface area contributed by atoms with Crippen LogP contribution in [-0.2, 0) is 22.4 Å². The highest BCUT2D eigenvalue weighted by Crippen LogP contribution is 2.29. The lowest BCUT2D eigenvalue weighted by molar-refractivity contribution is -0.149. The normalized spacial score (nSPS) is 13.3. The van der Waals surface area contributed by atoms with E-state index in [-0.39, 0.29) is 31.5 Å². The summed E-state index contributed by atoms with van der Waals surface area (Å²) in [5.74, 6) is -1.69. The number of nitrogens with zero attached hydrogens (tertiary/aromatic N) is 2. The van der Waals surface area contributed by atoms with Crippen LogP contribution in [-0.4, -0.2) is 64.0 Å². The smallest absolute Gasteiger partial charge is 0.256 e. The van der Waals surface area contributed by atoms with E-state index < -0.39 is 30.0 Å². The number of aliphatic hydroxyl groups is 1. The van der Waals surface area contributed by atoms with Gasteiger partial charge < -0.3 is 21.5 Å². The predicted octanol–water partition coefficient (Wildman–Crippen LogP) is 4.39. The summed E-state index contributed by atoms with van der Waals surface area (Å²) < 4.78 is 0. The Hall–Kier alpha value is -3.85. The first-order chi connectivity index (χ1) is 20.5. The van der Waals surface area contributed by atoms with E-state index in [9.17, 15) is 19.5 Å². The van der Waals surface area contributed by atoms with E-state index in [1.165, 1.54) is 4.90 Å². The molecule has 3 rings (SSSR count). The van der Waals surface area contributed by atoms with Gasteiger partial charge >= 0.3 is 0 Å². The molecule has 43 heavy (non-hydrogen) atoms. The van der Waals surface area contributed by atoms with Gasteiger partial charge in [0.2, 0.25) is 11.8 Å². The van der Waals surface area contributed by atoms with Crippen molar-refractivity contribution in [1.29, 1.82) is 0 Å². The molecule has 0 spiro atoms. The van der Waals surface area contributed by atoms with Gasteiger partial charge in [-0.25, -0.2) is 0 Å². The highest BCUT2D eigenvalue weighted by molar-refractivity contribution is 6.04. The minimum atomic E-state index is -0.934. The van der Waals surface area contributed by atoms with Gasteiger partial charge in [-0.15, -0.1) is 0 Å². The van der Waals surface area contributed by atoms with Crippen LogP contribution >= 0.6 is 0 Å². The molecule has 0 aromatic heterocycles. The molecule has 2 unspecified atom stereocenters. The molecule has 8 heteroatoms. The molecule has 5 N–H and O–H groups in total. The Labute approximate surface area is 255 Å². The van der Waals surface area contributed by atoms with Crippen LogP contribution in [0.15, 0.2) is 78.9 Å². The fourth-order valence-corrected chi connectivity index (χ4v) is 5.04. The van der Waals surface area contributed by atoms with Crippen molar-refractivity contribution in [2.45, 2.75) is 71.6 Å². The van der Waals surface area contributed by atoms with E-state index in [4.69, 9.17) is 11.5 Å². The molecule has 230 valence electrons. The predicted molar refractivity (Wildman–Crippen MR) is 171 cm³/mol. The lowest BCUT2D eigenvalue weighted by atomic mass is 9.92. The number of carbonyl (C=O) groups excluding carboxylic acids is 3. The van der Waals surface area contributed by atoms with Crippen LogP contribution in [0.5, 0.6) is 0 Å². The van der Waals surface area contributed by atoms with E-state index in [1.807, 2.05) is 92.7 Å². The van der Waals surface area contributed by atoms with E-state index in [0.29, 0.717) is 29.5 Å². The van der Waals surface area contributed by atoms with Gasteiger partial charge in [-0.05, 0) is 67.7 Å². The Morgan fingerprint density at radius 2 is 1.47 bits per heavy atom. The van der Waals surface area contributed by atoms with Crippen LogP contribution in [0.25, 0.3) is 11.1 Å². The molecule has 0 aliphatic heterocycles. The Kier molecular flexibility index (Phi) is 12.6. The summed E-state index contributed by atoms with van der Waals surface area (Å²) in [6.45, 7) is 7.04. The second-order valence-corrected chi connectivity index (χ2v) is 11.4. The zero-order valence-electron chi connectivity index (χ0n) is 25.8. The number of nitrogens with two attached hydrogens (primary N) is 2. The maximum Gasteiger partial charge on any atom is 0.256 e. The van der Waals surface area contributed by atoms with Gasteiger partial charge in [0.15, 0.2) is 0 Å². The zero-order valence-corrected chi connectivity index (χ0v) is 25.8. The van der Waals surface area contributed by atoms with Crippen LogP contribution in [0.1, 0.15) is 62.0 Å². The van der Waals surface area contributed by atoms with E-state index in [1.54, 1.807) is 13.8 Å². The molecule has 8 nitrogen and oxygen atoms in total. The molecule has 0 heterocycles. The second-order valence-electron chi connectivity index (χ2n) is 11.4. The third-order valence-electron chi connectivity index (χ3n) is 7.62. The topological polar surface area (TPSA) is 130 Å². The number of rotatable bonds is 14. The van der Waals surface area contributed by atoms with E-state index in [2.05, 4.69) is 0 Å². The molecule has 3 aromatic rings. The molecule has 3 atom stereocenters. The number of imide groups is 1. The average molecular weight is 587 g/mol. The summed E-state index contributed by atoms with van der Waals surface area (Å²) in [6.07, 6.45) is 1.39. The van der Waals surface area contributed by atoms with Crippen molar-refractivity contribution in [3.63, 3.8) is 0 Å². The van der Waals surface area contributed by atoms with Crippen molar-refractivity contribution < 1.29 is 19.5 Å². The maximum atomic E-state index is 14.3. The molecule has 3 aromatic carbocycles. The fourth-order valence-electron chi connectivity index (χ4n) is 5.04. The number of hydrogen-bond acceptors (Lipinski definition) is 6. The molecular formula is C35H46N4O4. The number of benzene rings is 3. The molecule has 0 aliphatic rings. The Bertz CT molecular complexity index is 1340. The maximum absolute atomic E-state index is 14.3. The third-order valence-corrected chi connectivity index (χ3v) is 7.62. The Morgan fingerprint density at radius 1 is 0.837 bits per heavy atom. The number of amides is 3. The van der Waals surface area contributed by atoms with Crippen molar-refractivity contribution in [2.24, 2.45) is 17.4 Å². The monoisotopic (exact) mass is 586 g/mol. The lowest BCUT2D eigenvalue weighted by Gasteiger charge is -2.33. The minimum absolute atomic E-state index is 0.223. The Morgan fingerprint density at radius 3 is 2.05 bits per heavy atom. The van der Waals surface area contributed by atoms with E-state index in [0.717, 1.165) is 22.4 Å². The van der Waals surface area contributed by atoms with Crippen LogP contribution < -0.4 is 11.5 Å². The minimum Gasteiger partial charge on any atom is -0.393 e. The number of aliphatic hydroxyl groups excluding tert-OH is 1. The first-order valence-corrected chi connectivity index (χ1v) is 15.1. The van der Waals surface area contributed by atoms with Gasteiger partial charge in [-0.2, -0.15) is 0 Å². The van der Waals surface area contributed by atoms with Gasteiger partial charge in [0, 0.05) is 6.54 Å². The summed E-state index contributed by atoms with van der Waals surface area (Å²) in [5.41, 5.74) is 16.4. The number of hydrogen-bond donors (Lipinski definition) is 3. The zero-order chi connectivity index (χ0) is 31.5. The first-order valence-electron chi connectivity index (χ1n) is 15.1. The van der Waals surface area contributed by atoms with Crippen LogP contribution in [0.4, 0.5) is 0 Å².